The molecule has 3 aromatic rings. The largest absolute Gasteiger partial charge is 0.481 e. The maximum absolute atomic E-state index is 13.7. The number of amides is 3. The summed E-state index contributed by atoms with van der Waals surface area (Å²) in [5.74, 6) is -0.636. The first kappa shape index (κ1) is 29.8. The van der Waals surface area contributed by atoms with E-state index in [9.17, 15) is 14.4 Å². The minimum atomic E-state index is -0.956. The number of carboxylic acid groups (broad SMARTS) is 1. The van der Waals surface area contributed by atoms with Crippen LogP contribution in [0.1, 0.15) is 68.8 Å². The highest BCUT2D eigenvalue weighted by atomic mass is 16.4. The van der Waals surface area contributed by atoms with Crippen molar-refractivity contribution in [3.63, 3.8) is 0 Å². The van der Waals surface area contributed by atoms with Crippen molar-refractivity contribution in [2.24, 2.45) is 11.3 Å². The van der Waals surface area contributed by atoms with Crippen molar-refractivity contribution < 1.29 is 19.5 Å². The van der Waals surface area contributed by atoms with Gasteiger partial charge in [-0.15, -0.1) is 0 Å². The summed E-state index contributed by atoms with van der Waals surface area (Å²) in [7, 11) is 0. The third kappa shape index (κ3) is 8.43. The van der Waals surface area contributed by atoms with Gasteiger partial charge in [0, 0.05) is 30.4 Å². The minimum absolute atomic E-state index is 0.0768. The molecule has 0 unspecified atom stereocenters. The Balaban J connectivity index is 1.46. The molecule has 3 amide bonds. The van der Waals surface area contributed by atoms with Gasteiger partial charge in [-0.3, -0.25) is 9.59 Å². The van der Waals surface area contributed by atoms with E-state index in [1.165, 1.54) is 0 Å². The van der Waals surface area contributed by atoms with E-state index >= 15 is 0 Å². The van der Waals surface area contributed by atoms with Crippen LogP contribution in [0.25, 0.3) is 11.1 Å². The maximum Gasteiger partial charge on any atom is 0.322 e. The van der Waals surface area contributed by atoms with E-state index in [-0.39, 0.29) is 36.4 Å². The SMILES string of the molecule is CC(C)(C)C1CCC(N(Cc2ccc(C(=O)NCCC(=O)O)cc2)C(=O)Nc2ccc(-c3ccccc3)cc2)CC1. The Morgan fingerprint density at radius 2 is 1.44 bits per heavy atom. The number of hydrogen-bond donors (Lipinski definition) is 3. The molecule has 3 aromatic carbocycles. The Labute approximate surface area is 243 Å². The molecular weight excluding hydrogens is 514 g/mol. The van der Waals surface area contributed by atoms with Crippen LogP contribution < -0.4 is 10.6 Å². The van der Waals surface area contributed by atoms with Crippen LogP contribution in [-0.2, 0) is 11.3 Å². The summed E-state index contributed by atoms with van der Waals surface area (Å²) < 4.78 is 0. The summed E-state index contributed by atoms with van der Waals surface area (Å²) in [5, 5.41) is 14.5. The molecule has 41 heavy (non-hydrogen) atoms. The number of carbonyl (C=O) groups is 3. The Bertz CT molecular complexity index is 1310. The van der Waals surface area contributed by atoms with E-state index in [1.807, 2.05) is 59.5 Å². The molecule has 0 spiro atoms. The number of hydrogen-bond acceptors (Lipinski definition) is 3. The number of nitrogens with one attached hydrogen (secondary N) is 2. The summed E-state index contributed by atoms with van der Waals surface area (Å²) in [6.45, 7) is 7.38. The lowest BCUT2D eigenvalue weighted by Crippen LogP contribution is -2.45. The molecule has 1 aliphatic carbocycles. The van der Waals surface area contributed by atoms with Gasteiger partial charge in [0.2, 0.25) is 0 Å². The normalized spacial score (nSPS) is 17.0. The molecule has 3 N–H and O–H groups in total. The monoisotopic (exact) mass is 555 g/mol. The molecule has 216 valence electrons. The standard InChI is InChI=1S/C34H41N3O4/c1-34(2,3)28-15-19-30(20-16-28)37(23-24-9-11-27(12-10-24)32(40)35-22-21-31(38)39)33(41)36-29-17-13-26(14-18-29)25-7-5-4-6-8-25/h4-14,17-18,28,30H,15-16,19-23H2,1-3H3,(H,35,40)(H,36,41)(H,38,39). The molecule has 1 aliphatic rings. The average molecular weight is 556 g/mol. The van der Waals surface area contributed by atoms with Crippen molar-refractivity contribution in [3.05, 3.63) is 90.0 Å². The molecule has 0 aliphatic heterocycles. The third-order valence-corrected chi connectivity index (χ3v) is 8.06. The molecule has 0 heterocycles. The van der Waals surface area contributed by atoms with Crippen LogP contribution in [0.4, 0.5) is 10.5 Å². The first-order valence-corrected chi connectivity index (χ1v) is 14.4. The molecular formula is C34H41N3O4. The molecule has 0 atom stereocenters. The highest BCUT2D eigenvalue weighted by Gasteiger charge is 2.33. The van der Waals surface area contributed by atoms with Gasteiger partial charge in [-0.2, -0.15) is 0 Å². The van der Waals surface area contributed by atoms with E-state index in [2.05, 4.69) is 43.5 Å². The number of benzene rings is 3. The molecule has 0 aromatic heterocycles. The number of carboxylic acids is 1. The minimum Gasteiger partial charge on any atom is -0.481 e. The van der Waals surface area contributed by atoms with Gasteiger partial charge < -0.3 is 20.6 Å². The predicted octanol–water partition coefficient (Wildman–Crippen LogP) is 7.20. The highest BCUT2D eigenvalue weighted by Crippen LogP contribution is 2.39. The van der Waals surface area contributed by atoms with E-state index in [0.29, 0.717) is 18.0 Å². The first-order chi connectivity index (χ1) is 19.6. The van der Waals surface area contributed by atoms with Gasteiger partial charge in [0.05, 0.1) is 6.42 Å². The van der Waals surface area contributed by atoms with Gasteiger partial charge in [0.15, 0.2) is 0 Å². The molecule has 1 fully saturated rings. The van der Waals surface area contributed by atoms with Gasteiger partial charge in [0.1, 0.15) is 0 Å². The third-order valence-electron chi connectivity index (χ3n) is 8.06. The van der Waals surface area contributed by atoms with Gasteiger partial charge in [-0.25, -0.2) is 4.79 Å². The molecule has 0 saturated heterocycles. The number of rotatable bonds is 9. The molecule has 7 heteroatoms. The lowest BCUT2D eigenvalue weighted by molar-refractivity contribution is -0.136. The smallest absolute Gasteiger partial charge is 0.322 e. The number of anilines is 1. The maximum atomic E-state index is 13.7. The van der Waals surface area contributed by atoms with Crippen molar-refractivity contribution in [1.29, 1.82) is 0 Å². The van der Waals surface area contributed by atoms with E-state index in [1.54, 1.807) is 12.1 Å². The van der Waals surface area contributed by atoms with E-state index < -0.39 is 5.97 Å². The fraction of sp³-hybridized carbons (Fsp3) is 0.382. The second-order valence-corrected chi connectivity index (χ2v) is 12.0. The summed E-state index contributed by atoms with van der Waals surface area (Å²) >= 11 is 0. The van der Waals surface area contributed by atoms with Crippen molar-refractivity contribution in [2.75, 3.05) is 11.9 Å². The zero-order chi connectivity index (χ0) is 29.4. The number of nitrogens with zero attached hydrogens (tertiary/aromatic N) is 1. The Kier molecular flexibility index (Phi) is 9.82. The van der Waals surface area contributed by atoms with Gasteiger partial charge in [-0.1, -0.05) is 75.4 Å². The zero-order valence-corrected chi connectivity index (χ0v) is 24.2. The number of carbonyl (C=O) groups excluding carboxylic acids is 2. The second-order valence-electron chi connectivity index (χ2n) is 12.0. The number of urea groups is 1. The average Bonchev–Trinajstić information content (AvgIpc) is 2.96. The van der Waals surface area contributed by atoms with E-state index in [4.69, 9.17) is 5.11 Å². The first-order valence-electron chi connectivity index (χ1n) is 14.4. The van der Waals surface area contributed by atoms with Crippen molar-refractivity contribution in [2.45, 2.75) is 65.5 Å². The van der Waals surface area contributed by atoms with Crippen LogP contribution in [0.5, 0.6) is 0 Å². The topological polar surface area (TPSA) is 98.7 Å². The Morgan fingerprint density at radius 1 is 0.829 bits per heavy atom. The van der Waals surface area contributed by atoms with Crippen LogP contribution in [0.2, 0.25) is 0 Å². The molecule has 0 bridgehead atoms. The van der Waals surface area contributed by atoms with Crippen molar-refractivity contribution in [1.82, 2.24) is 10.2 Å². The van der Waals surface area contributed by atoms with Crippen LogP contribution in [0.3, 0.4) is 0 Å². The highest BCUT2D eigenvalue weighted by molar-refractivity contribution is 5.94. The van der Waals surface area contributed by atoms with Crippen LogP contribution >= 0.6 is 0 Å². The summed E-state index contributed by atoms with van der Waals surface area (Å²) in [6, 6.07) is 25.2. The van der Waals surface area contributed by atoms with Crippen molar-refractivity contribution >= 4 is 23.6 Å². The lowest BCUT2D eigenvalue weighted by Gasteiger charge is -2.41. The summed E-state index contributed by atoms with van der Waals surface area (Å²) in [5.41, 5.74) is 4.60. The molecule has 7 nitrogen and oxygen atoms in total. The van der Waals surface area contributed by atoms with Crippen molar-refractivity contribution in [3.8, 4) is 11.1 Å². The van der Waals surface area contributed by atoms with Crippen LogP contribution in [-0.4, -0.2) is 40.5 Å². The van der Waals surface area contributed by atoms with E-state index in [0.717, 1.165) is 48.1 Å². The predicted molar refractivity (Wildman–Crippen MR) is 163 cm³/mol. The van der Waals surface area contributed by atoms with Gasteiger partial charge in [0.25, 0.3) is 5.91 Å². The molecule has 4 rings (SSSR count). The Morgan fingerprint density at radius 3 is 2.02 bits per heavy atom. The fourth-order valence-electron chi connectivity index (χ4n) is 5.54. The Hall–Kier alpha value is -4.13. The molecule has 0 radical (unpaired) electrons. The second kappa shape index (κ2) is 13.5. The number of aliphatic carboxylic acids is 1. The summed E-state index contributed by atoms with van der Waals surface area (Å²) in [6.07, 6.45) is 3.94. The van der Waals surface area contributed by atoms with Crippen LogP contribution in [0, 0.1) is 11.3 Å². The fourth-order valence-corrected chi connectivity index (χ4v) is 5.54. The molecule has 1 saturated carbocycles. The van der Waals surface area contributed by atoms with Crippen LogP contribution in [0.15, 0.2) is 78.9 Å². The quantitative estimate of drug-likeness (QED) is 0.260. The van der Waals surface area contributed by atoms with Gasteiger partial charge in [-0.05, 0) is 78.0 Å². The van der Waals surface area contributed by atoms with Gasteiger partial charge >= 0.3 is 12.0 Å². The summed E-state index contributed by atoms with van der Waals surface area (Å²) in [4.78, 5) is 38.7. The zero-order valence-electron chi connectivity index (χ0n) is 24.2. The lowest BCUT2D eigenvalue weighted by atomic mass is 9.71.